The minimum Gasteiger partial charge on any atom is -0.314 e. The van der Waals surface area contributed by atoms with Crippen molar-refractivity contribution in [2.45, 2.75) is 66.3 Å². The number of rotatable bonds is 4. The topological polar surface area (TPSA) is 12.0 Å². The van der Waals surface area contributed by atoms with Crippen LogP contribution in [-0.4, -0.2) is 12.6 Å². The molecule has 0 spiro atoms. The summed E-state index contributed by atoms with van der Waals surface area (Å²) in [6.45, 7) is 13.0. The Balaban J connectivity index is 2.34. The van der Waals surface area contributed by atoms with Gasteiger partial charge in [-0.25, -0.2) is 0 Å². The van der Waals surface area contributed by atoms with Gasteiger partial charge in [0.05, 0.1) is 0 Å². The molecule has 0 aromatic heterocycles. The summed E-state index contributed by atoms with van der Waals surface area (Å²) in [4.78, 5) is 0. The van der Waals surface area contributed by atoms with E-state index in [1.165, 1.54) is 32.2 Å². The lowest BCUT2D eigenvalue weighted by molar-refractivity contribution is 0.263. The van der Waals surface area contributed by atoms with E-state index < -0.39 is 0 Å². The van der Waals surface area contributed by atoms with Crippen LogP contribution in [0.15, 0.2) is 0 Å². The van der Waals surface area contributed by atoms with E-state index in [9.17, 15) is 0 Å². The SMILES string of the molecule is CC[C@@H]1CCN[C@H]1C[C@H](C)CC(C)(C)C. The van der Waals surface area contributed by atoms with Gasteiger partial charge in [0.1, 0.15) is 0 Å². The van der Waals surface area contributed by atoms with Crippen molar-refractivity contribution in [3.8, 4) is 0 Å². The first-order valence-electron chi connectivity index (χ1n) is 6.65. The van der Waals surface area contributed by atoms with Crippen LogP contribution in [0.5, 0.6) is 0 Å². The van der Waals surface area contributed by atoms with Gasteiger partial charge in [-0.1, -0.05) is 41.0 Å². The fourth-order valence-corrected chi connectivity index (χ4v) is 3.15. The zero-order chi connectivity index (χ0) is 11.5. The molecule has 0 amide bonds. The molecule has 0 saturated carbocycles. The molecule has 0 unspecified atom stereocenters. The molecule has 1 aliphatic heterocycles. The molecule has 1 rings (SSSR count). The number of hydrogen-bond acceptors (Lipinski definition) is 1. The second-order valence-electron chi connectivity index (χ2n) is 6.62. The third-order valence-corrected chi connectivity index (χ3v) is 3.63. The minimum atomic E-state index is 0.486. The highest BCUT2D eigenvalue weighted by Gasteiger charge is 2.27. The van der Waals surface area contributed by atoms with Crippen LogP contribution in [0.3, 0.4) is 0 Å². The van der Waals surface area contributed by atoms with Gasteiger partial charge in [-0.15, -0.1) is 0 Å². The quantitative estimate of drug-likeness (QED) is 0.745. The van der Waals surface area contributed by atoms with E-state index in [0.717, 1.165) is 17.9 Å². The molecule has 0 aromatic carbocycles. The molecular weight excluding hydrogens is 182 g/mol. The van der Waals surface area contributed by atoms with Crippen molar-refractivity contribution in [2.75, 3.05) is 6.54 Å². The van der Waals surface area contributed by atoms with Crippen molar-refractivity contribution in [3.63, 3.8) is 0 Å². The minimum absolute atomic E-state index is 0.486. The van der Waals surface area contributed by atoms with Crippen LogP contribution in [0, 0.1) is 17.3 Å². The molecule has 1 fully saturated rings. The summed E-state index contributed by atoms with van der Waals surface area (Å²) in [5, 5.41) is 3.67. The Morgan fingerprint density at radius 1 is 1.33 bits per heavy atom. The Hall–Kier alpha value is -0.0400. The predicted molar refractivity (Wildman–Crippen MR) is 68.0 cm³/mol. The first-order chi connectivity index (χ1) is 6.92. The second kappa shape index (κ2) is 5.34. The summed E-state index contributed by atoms with van der Waals surface area (Å²) in [5.41, 5.74) is 0.486. The molecule has 1 aliphatic rings. The van der Waals surface area contributed by atoms with Crippen LogP contribution in [0.25, 0.3) is 0 Å². The maximum atomic E-state index is 3.67. The van der Waals surface area contributed by atoms with Crippen LogP contribution in [0.4, 0.5) is 0 Å². The Morgan fingerprint density at radius 3 is 2.53 bits per heavy atom. The molecule has 3 atom stereocenters. The zero-order valence-electron chi connectivity index (χ0n) is 11.3. The smallest absolute Gasteiger partial charge is 0.00982 e. The molecule has 0 bridgehead atoms. The molecule has 0 aromatic rings. The van der Waals surface area contributed by atoms with E-state index in [0.29, 0.717) is 5.41 Å². The molecule has 1 heteroatoms. The van der Waals surface area contributed by atoms with Gasteiger partial charge >= 0.3 is 0 Å². The van der Waals surface area contributed by atoms with Gasteiger partial charge in [0.25, 0.3) is 0 Å². The summed E-state index contributed by atoms with van der Waals surface area (Å²) < 4.78 is 0. The molecule has 15 heavy (non-hydrogen) atoms. The summed E-state index contributed by atoms with van der Waals surface area (Å²) in [6, 6.07) is 0.798. The largest absolute Gasteiger partial charge is 0.314 e. The first kappa shape index (κ1) is 13.0. The molecule has 1 heterocycles. The fourth-order valence-electron chi connectivity index (χ4n) is 3.15. The average molecular weight is 211 g/mol. The second-order valence-corrected chi connectivity index (χ2v) is 6.62. The molecule has 0 radical (unpaired) electrons. The highest BCUT2D eigenvalue weighted by atomic mass is 14.9. The maximum absolute atomic E-state index is 3.67. The Labute approximate surface area is 96.0 Å². The predicted octanol–water partition coefficient (Wildman–Crippen LogP) is 3.84. The summed E-state index contributed by atoms with van der Waals surface area (Å²) in [6.07, 6.45) is 5.46. The van der Waals surface area contributed by atoms with Crippen molar-refractivity contribution >= 4 is 0 Å². The maximum Gasteiger partial charge on any atom is 0.00982 e. The molecule has 1 saturated heterocycles. The van der Waals surface area contributed by atoms with Gasteiger partial charge in [0.2, 0.25) is 0 Å². The first-order valence-corrected chi connectivity index (χ1v) is 6.65. The molecule has 90 valence electrons. The van der Waals surface area contributed by atoms with Gasteiger partial charge in [-0.2, -0.15) is 0 Å². The third-order valence-electron chi connectivity index (χ3n) is 3.63. The number of hydrogen-bond donors (Lipinski definition) is 1. The van der Waals surface area contributed by atoms with Gasteiger partial charge in [0, 0.05) is 6.04 Å². The van der Waals surface area contributed by atoms with E-state index in [-0.39, 0.29) is 0 Å². The summed E-state index contributed by atoms with van der Waals surface area (Å²) >= 11 is 0. The van der Waals surface area contributed by atoms with Crippen LogP contribution in [0.2, 0.25) is 0 Å². The van der Waals surface area contributed by atoms with E-state index in [4.69, 9.17) is 0 Å². The lowest BCUT2D eigenvalue weighted by Gasteiger charge is -2.27. The Kier molecular flexibility index (Phi) is 4.64. The lowest BCUT2D eigenvalue weighted by Crippen LogP contribution is -2.29. The van der Waals surface area contributed by atoms with Crippen molar-refractivity contribution in [1.82, 2.24) is 5.32 Å². The van der Waals surface area contributed by atoms with E-state index >= 15 is 0 Å². The van der Waals surface area contributed by atoms with Crippen LogP contribution < -0.4 is 5.32 Å². The molecule has 1 nitrogen and oxygen atoms in total. The standard InChI is InChI=1S/C14H29N/c1-6-12-7-8-15-13(12)9-11(2)10-14(3,4)5/h11-13,15H,6-10H2,1-5H3/t11-,12+,13-/m0/s1. The molecule has 1 N–H and O–H groups in total. The zero-order valence-corrected chi connectivity index (χ0v) is 11.3. The van der Waals surface area contributed by atoms with E-state index in [1.807, 2.05) is 0 Å². The van der Waals surface area contributed by atoms with Crippen molar-refractivity contribution in [3.05, 3.63) is 0 Å². The summed E-state index contributed by atoms with van der Waals surface area (Å²) in [5.74, 6) is 1.79. The molecular formula is C14H29N. The Morgan fingerprint density at radius 2 is 2.00 bits per heavy atom. The molecule has 0 aliphatic carbocycles. The van der Waals surface area contributed by atoms with E-state index in [1.54, 1.807) is 0 Å². The van der Waals surface area contributed by atoms with E-state index in [2.05, 4.69) is 39.9 Å². The van der Waals surface area contributed by atoms with Gasteiger partial charge in [-0.3, -0.25) is 0 Å². The monoisotopic (exact) mass is 211 g/mol. The summed E-state index contributed by atoms with van der Waals surface area (Å²) in [7, 11) is 0. The van der Waals surface area contributed by atoms with Gasteiger partial charge < -0.3 is 5.32 Å². The van der Waals surface area contributed by atoms with Crippen molar-refractivity contribution in [2.24, 2.45) is 17.3 Å². The van der Waals surface area contributed by atoms with Gasteiger partial charge in [0.15, 0.2) is 0 Å². The van der Waals surface area contributed by atoms with Crippen molar-refractivity contribution < 1.29 is 0 Å². The highest BCUT2D eigenvalue weighted by Crippen LogP contribution is 2.30. The fraction of sp³-hybridized carbons (Fsp3) is 1.00. The normalized spacial score (nSPS) is 29.4. The van der Waals surface area contributed by atoms with Crippen LogP contribution >= 0.6 is 0 Å². The lowest BCUT2D eigenvalue weighted by atomic mass is 9.81. The van der Waals surface area contributed by atoms with Crippen molar-refractivity contribution in [1.29, 1.82) is 0 Å². The highest BCUT2D eigenvalue weighted by molar-refractivity contribution is 4.84. The van der Waals surface area contributed by atoms with Crippen LogP contribution in [0.1, 0.15) is 60.3 Å². The third kappa shape index (κ3) is 4.55. The Bertz CT molecular complexity index is 180. The van der Waals surface area contributed by atoms with Crippen LogP contribution in [-0.2, 0) is 0 Å². The number of nitrogens with one attached hydrogen (secondary N) is 1. The average Bonchev–Trinajstić information content (AvgIpc) is 2.48. The van der Waals surface area contributed by atoms with Gasteiger partial charge in [-0.05, 0) is 43.1 Å².